The molecule has 3 aromatic rings. The Bertz CT molecular complexity index is 1160. The molecular formula is C20H16N2O5S. The molecule has 0 unspecified atom stereocenters. The largest absolute Gasteiger partial charge is 0.497 e. The summed E-state index contributed by atoms with van der Waals surface area (Å²) in [5, 5.41) is 0. The highest BCUT2D eigenvalue weighted by atomic mass is 32.1. The average Bonchev–Trinajstić information content (AvgIpc) is 3.30. The summed E-state index contributed by atoms with van der Waals surface area (Å²) in [6.45, 7) is 0.461. The molecule has 1 amide bonds. The first-order chi connectivity index (χ1) is 13.6. The van der Waals surface area contributed by atoms with Crippen LogP contribution >= 0.6 is 11.3 Å². The van der Waals surface area contributed by atoms with Gasteiger partial charge in [-0.05, 0) is 12.1 Å². The van der Waals surface area contributed by atoms with Crippen LogP contribution in [0.25, 0.3) is 10.2 Å². The number of nitrogens with zero attached hydrogens (tertiary/aromatic N) is 2. The summed E-state index contributed by atoms with van der Waals surface area (Å²) in [6.07, 6.45) is 5.53. The second-order valence-corrected chi connectivity index (χ2v) is 6.88. The highest BCUT2D eigenvalue weighted by molar-refractivity contribution is 7.16. The molecule has 142 valence electrons. The molecule has 0 radical (unpaired) electrons. The lowest BCUT2D eigenvalue weighted by Crippen LogP contribution is -2.16. The van der Waals surface area contributed by atoms with Crippen molar-refractivity contribution in [2.45, 2.75) is 6.54 Å². The van der Waals surface area contributed by atoms with Crippen LogP contribution in [0.15, 0.2) is 35.3 Å². The summed E-state index contributed by atoms with van der Waals surface area (Å²) in [7, 11) is 3.05. The lowest BCUT2D eigenvalue weighted by atomic mass is 10.2. The maximum absolute atomic E-state index is 12.8. The van der Waals surface area contributed by atoms with Crippen molar-refractivity contribution in [3.05, 3.63) is 40.7 Å². The highest BCUT2D eigenvalue weighted by Crippen LogP contribution is 2.37. The summed E-state index contributed by atoms with van der Waals surface area (Å²) >= 11 is 1.35. The monoisotopic (exact) mass is 396 g/mol. The quantitative estimate of drug-likeness (QED) is 0.634. The van der Waals surface area contributed by atoms with Crippen LogP contribution in [0.4, 0.5) is 0 Å². The van der Waals surface area contributed by atoms with E-state index in [4.69, 9.17) is 25.4 Å². The lowest BCUT2D eigenvalue weighted by molar-refractivity contribution is 0.0997. The van der Waals surface area contributed by atoms with Crippen LogP contribution in [0, 0.1) is 12.3 Å². The van der Waals surface area contributed by atoms with E-state index in [1.165, 1.54) is 25.6 Å². The number of carbonyl (C=O) groups excluding carboxylic acids is 1. The number of benzene rings is 2. The van der Waals surface area contributed by atoms with E-state index in [2.05, 4.69) is 10.9 Å². The Labute approximate surface area is 164 Å². The van der Waals surface area contributed by atoms with Crippen molar-refractivity contribution in [2.24, 2.45) is 4.99 Å². The van der Waals surface area contributed by atoms with Gasteiger partial charge in [0.1, 0.15) is 11.5 Å². The van der Waals surface area contributed by atoms with Gasteiger partial charge in [-0.15, -0.1) is 6.42 Å². The van der Waals surface area contributed by atoms with Gasteiger partial charge in [-0.1, -0.05) is 17.3 Å². The van der Waals surface area contributed by atoms with Crippen molar-refractivity contribution in [3.63, 3.8) is 0 Å². The number of carbonyl (C=O) groups is 1. The fourth-order valence-electron chi connectivity index (χ4n) is 2.87. The van der Waals surface area contributed by atoms with Crippen LogP contribution in [0.1, 0.15) is 10.4 Å². The molecule has 1 aromatic heterocycles. The molecule has 0 N–H and O–H groups in total. The maximum Gasteiger partial charge on any atom is 0.279 e. The molecule has 0 aliphatic carbocycles. The van der Waals surface area contributed by atoms with Gasteiger partial charge in [-0.25, -0.2) is 0 Å². The third-order valence-electron chi connectivity index (χ3n) is 4.22. The summed E-state index contributed by atoms with van der Waals surface area (Å²) in [5.41, 5.74) is 1.19. The number of hydrogen-bond donors (Lipinski definition) is 0. The van der Waals surface area contributed by atoms with Crippen molar-refractivity contribution in [2.75, 3.05) is 21.0 Å². The summed E-state index contributed by atoms with van der Waals surface area (Å²) in [5.74, 6) is 4.51. The Kier molecular flexibility index (Phi) is 4.67. The van der Waals surface area contributed by atoms with Crippen LogP contribution in [0.3, 0.4) is 0 Å². The van der Waals surface area contributed by atoms with E-state index < -0.39 is 5.91 Å². The van der Waals surface area contributed by atoms with Crippen molar-refractivity contribution in [1.29, 1.82) is 0 Å². The van der Waals surface area contributed by atoms with Gasteiger partial charge in [0.2, 0.25) is 6.79 Å². The van der Waals surface area contributed by atoms with Gasteiger partial charge in [-0.2, -0.15) is 4.99 Å². The number of aromatic nitrogens is 1. The highest BCUT2D eigenvalue weighted by Gasteiger charge is 2.18. The number of hydrogen-bond acceptors (Lipinski definition) is 6. The first-order valence-electron chi connectivity index (χ1n) is 8.31. The van der Waals surface area contributed by atoms with Crippen LogP contribution in [-0.2, 0) is 6.54 Å². The first kappa shape index (κ1) is 17.9. The zero-order chi connectivity index (χ0) is 19.7. The van der Waals surface area contributed by atoms with E-state index in [1.54, 1.807) is 22.8 Å². The Morgan fingerprint density at radius 3 is 2.50 bits per heavy atom. The molecule has 2 aromatic carbocycles. The van der Waals surface area contributed by atoms with Gasteiger partial charge < -0.3 is 23.5 Å². The number of amides is 1. The zero-order valence-corrected chi connectivity index (χ0v) is 16.0. The van der Waals surface area contributed by atoms with Gasteiger partial charge in [-0.3, -0.25) is 4.79 Å². The predicted octanol–water partition coefficient (Wildman–Crippen LogP) is 2.82. The molecule has 28 heavy (non-hydrogen) atoms. The molecule has 0 saturated carbocycles. The smallest absolute Gasteiger partial charge is 0.279 e. The number of fused-ring (bicyclic) bond motifs is 2. The summed E-state index contributed by atoms with van der Waals surface area (Å²) < 4.78 is 24.0. The topological polar surface area (TPSA) is 71.3 Å². The molecule has 4 rings (SSSR count). The Morgan fingerprint density at radius 1 is 1.18 bits per heavy atom. The number of terminal acetylenes is 1. The van der Waals surface area contributed by atoms with Gasteiger partial charge in [0.15, 0.2) is 16.3 Å². The van der Waals surface area contributed by atoms with Crippen LogP contribution < -0.4 is 23.7 Å². The average molecular weight is 396 g/mol. The summed E-state index contributed by atoms with van der Waals surface area (Å²) in [6, 6.07) is 8.64. The minimum absolute atomic E-state index is 0.190. The van der Waals surface area contributed by atoms with E-state index in [-0.39, 0.29) is 13.3 Å². The van der Waals surface area contributed by atoms with E-state index in [1.807, 2.05) is 12.1 Å². The van der Waals surface area contributed by atoms with Crippen LogP contribution in [0.2, 0.25) is 0 Å². The minimum Gasteiger partial charge on any atom is -0.497 e. The van der Waals surface area contributed by atoms with Gasteiger partial charge >= 0.3 is 0 Å². The van der Waals surface area contributed by atoms with Gasteiger partial charge in [0.25, 0.3) is 5.91 Å². The van der Waals surface area contributed by atoms with Crippen LogP contribution in [-0.4, -0.2) is 31.5 Å². The molecule has 0 fully saturated rings. The predicted molar refractivity (Wildman–Crippen MR) is 104 cm³/mol. The molecule has 8 heteroatoms. The third-order valence-corrected chi connectivity index (χ3v) is 5.26. The van der Waals surface area contributed by atoms with Crippen LogP contribution in [0.5, 0.6) is 23.0 Å². The Hall–Kier alpha value is -3.44. The zero-order valence-electron chi connectivity index (χ0n) is 15.2. The molecule has 2 heterocycles. The maximum atomic E-state index is 12.8. The SMILES string of the molecule is C#CCn1c(=NC(=O)c2cc(OC)cc(OC)c2)sc2cc3c(cc21)OCO3. The van der Waals surface area contributed by atoms with E-state index in [0.717, 1.165) is 10.2 Å². The molecular weight excluding hydrogens is 380 g/mol. The van der Waals surface area contributed by atoms with Crippen molar-refractivity contribution < 1.29 is 23.7 Å². The number of rotatable bonds is 4. The number of ether oxygens (including phenoxy) is 4. The second kappa shape index (κ2) is 7.29. The van der Waals surface area contributed by atoms with Gasteiger partial charge in [0.05, 0.1) is 31.0 Å². The van der Waals surface area contributed by atoms with E-state index >= 15 is 0 Å². The number of methoxy groups -OCH3 is 2. The first-order valence-corrected chi connectivity index (χ1v) is 9.13. The van der Waals surface area contributed by atoms with Crippen molar-refractivity contribution >= 4 is 27.5 Å². The van der Waals surface area contributed by atoms with E-state index in [0.29, 0.717) is 33.4 Å². The minimum atomic E-state index is -0.422. The molecule has 0 atom stereocenters. The number of thiazole rings is 1. The lowest BCUT2D eigenvalue weighted by Gasteiger charge is -2.06. The molecule has 0 spiro atoms. The molecule has 0 bridgehead atoms. The standard InChI is InChI=1S/C20H16N2O5S/c1-4-5-22-15-9-16-17(27-11-26-16)10-18(15)28-20(22)21-19(23)12-6-13(24-2)8-14(7-12)25-3/h1,6-10H,5,11H2,2-3H3. The van der Waals surface area contributed by atoms with Crippen molar-refractivity contribution in [3.8, 4) is 35.3 Å². The fourth-order valence-corrected chi connectivity index (χ4v) is 3.91. The third kappa shape index (κ3) is 3.17. The summed E-state index contributed by atoms with van der Waals surface area (Å²) in [4.78, 5) is 17.6. The molecule has 7 nitrogen and oxygen atoms in total. The second-order valence-electron chi connectivity index (χ2n) is 5.87. The Balaban J connectivity index is 1.84. The normalized spacial score (nSPS) is 12.8. The fraction of sp³-hybridized carbons (Fsp3) is 0.200. The van der Waals surface area contributed by atoms with Crippen molar-refractivity contribution in [1.82, 2.24) is 4.57 Å². The molecule has 1 aliphatic rings. The molecule has 0 saturated heterocycles. The Morgan fingerprint density at radius 2 is 1.86 bits per heavy atom. The molecule has 1 aliphatic heterocycles. The van der Waals surface area contributed by atoms with Gasteiger partial charge in [0, 0.05) is 23.8 Å². The van der Waals surface area contributed by atoms with E-state index in [9.17, 15) is 4.79 Å².